The van der Waals surface area contributed by atoms with Crippen molar-refractivity contribution in [3.05, 3.63) is 40.7 Å². The summed E-state index contributed by atoms with van der Waals surface area (Å²) >= 11 is 5.63. The van der Waals surface area contributed by atoms with E-state index in [1.807, 2.05) is 0 Å². The van der Waals surface area contributed by atoms with Crippen molar-refractivity contribution in [3.63, 3.8) is 0 Å². The third-order valence-electron chi connectivity index (χ3n) is 3.25. The highest BCUT2D eigenvalue weighted by atomic mass is 35.5. The number of hydrogen-bond acceptors (Lipinski definition) is 4. The zero-order valence-electron chi connectivity index (χ0n) is 12.4. The Kier molecular flexibility index (Phi) is 6.55. The normalized spacial score (nSPS) is 17.4. The van der Waals surface area contributed by atoms with Crippen molar-refractivity contribution in [1.82, 2.24) is 5.32 Å². The zero-order valence-corrected chi connectivity index (χ0v) is 13.1. The van der Waals surface area contributed by atoms with Crippen LogP contribution in [0, 0.1) is 5.82 Å². The molecule has 1 aliphatic rings. The number of carbonyl (C=O) groups is 2. The Hall–Kier alpha value is -1.92. The van der Waals surface area contributed by atoms with Gasteiger partial charge >= 0.3 is 5.97 Å². The number of rotatable bonds is 6. The summed E-state index contributed by atoms with van der Waals surface area (Å²) < 4.78 is 23.2. The van der Waals surface area contributed by atoms with Gasteiger partial charge in [-0.1, -0.05) is 17.7 Å². The Morgan fingerprint density at radius 1 is 1.48 bits per heavy atom. The predicted octanol–water partition coefficient (Wildman–Crippen LogP) is 2.33. The van der Waals surface area contributed by atoms with E-state index < -0.39 is 11.8 Å². The molecule has 1 amide bonds. The van der Waals surface area contributed by atoms with Crippen molar-refractivity contribution < 1.29 is 23.5 Å². The Balaban J connectivity index is 1.70. The molecule has 1 saturated heterocycles. The number of nitrogens with one attached hydrogen (secondary N) is 1. The fourth-order valence-corrected chi connectivity index (χ4v) is 2.24. The molecule has 0 saturated carbocycles. The summed E-state index contributed by atoms with van der Waals surface area (Å²) in [5, 5.41) is 2.61. The summed E-state index contributed by atoms with van der Waals surface area (Å²) in [6.45, 7) is 0.772. The molecule has 23 heavy (non-hydrogen) atoms. The maximum Gasteiger partial charge on any atom is 0.331 e. The van der Waals surface area contributed by atoms with Crippen molar-refractivity contribution in [2.45, 2.75) is 18.9 Å². The Morgan fingerprint density at radius 2 is 2.30 bits per heavy atom. The highest BCUT2D eigenvalue weighted by Gasteiger charge is 2.16. The average molecular weight is 342 g/mol. The van der Waals surface area contributed by atoms with E-state index in [-0.39, 0.29) is 23.6 Å². The lowest BCUT2D eigenvalue weighted by Crippen LogP contribution is -2.34. The summed E-state index contributed by atoms with van der Waals surface area (Å²) in [5.74, 6) is -1.58. The third-order valence-corrected chi connectivity index (χ3v) is 3.54. The van der Waals surface area contributed by atoms with Crippen LogP contribution in [0.4, 0.5) is 4.39 Å². The first-order valence-electron chi connectivity index (χ1n) is 7.23. The van der Waals surface area contributed by atoms with E-state index in [1.54, 1.807) is 0 Å². The first-order valence-corrected chi connectivity index (χ1v) is 7.60. The van der Waals surface area contributed by atoms with Gasteiger partial charge in [0.1, 0.15) is 5.82 Å². The molecule has 0 radical (unpaired) electrons. The fraction of sp³-hybridized carbons (Fsp3) is 0.375. The molecule has 7 heteroatoms. The van der Waals surface area contributed by atoms with Gasteiger partial charge in [0.25, 0.3) is 5.91 Å². The maximum absolute atomic E-state index is 13.0. The zero-order chi connectivity index (χ0) is 16.7. The molecule has 0 spiro atoms. The molecule has 0 bridgehead atoms. The maximum atomic E-state index is 13.0. The van der Waals surface area contributed by atoms with Gasteiger partial charge in [0, 0.05) is 19.2 Å². The molecule has 124 valence electrons. The molecule has 1 atom stereocenters. The van der Waals surface area contributed by atoms with Crippen LogP contribution in [-0.2, 0) is 19.1 Å². The lowest BCUT2D eigenvalue weighted by atomic mass is 10.2. The minimum Gasteiger partial charge on any atom is -0.452 e. The Morgan fingerprint density at radius 3 is 3.00 bits per heavy atom. The number of esters is 1. The summed E-state index contributed by atoms with van der Waals surface area (Å²) in [5.41, 5.74) is 0.552. The van der Waals surface area contributed by atoms with Gasteiger partial charge in [-0.15, -0.1) is 0 Å². The van der Waals surface area contributed by atoms with Crippen LogP contribution in [0.25, 0.3) is 6.08 Å². The van der Waals surface area contributed by atoms with E-state index in [1.165, 1.54) is 24.3 Å². The number of carbonyl (C=O) groups excluding carboxylic acids is 2. The van der Waals surface area contributed by atoms with E-state index in [4.69, 9.17) is 21.1 Å². The summed E-state index contributed by atoms with van der Waals surface area (Å²) in [6.07, 6.45) is 4.53. The summed E-state index contributed by atoms with van der Waals surface area (Å²) in [7, 11) is 0. The Labute approximate surface area is 138 Å². The minimum absolute atomic E-state index is 0.0333. The van der Waals surface area contributed by atoms with Crippen LogP contribution in [0.3, 0.4) is 0 Å². The van der Waals surface area contributed by atoms with Gasteiger partial charge in [-0.2, -0.15) is 0 Å². The molecule has 1 fully saturated rings. The monoisotopic (exact) mass is 341 g/mol. The van der Waals surface area contributed by atoms with Crippen LogP contribution in [0.1, 0.15) is 18.4 Å². The Bertz CT molecular complexity index is 600. The molecule has 0 unspecified atom stereocenters. The van der Waals surface area contributed by atoms with E-state index in [2.05, 4.69) is 5.32 Å². The largest absolute Gasteiger partial charge is 0.452 e. The first kappa shape index (κ1) is 17.4. The van der Waals surface area contributed by atoms with Gasteiger partial charge in [0.05, 0.1) is 11.1 Å². The number of halogens is 2. The highest BCUT2D eigenvalue weighted by Crippen LogP contribution is 2.16. The van der Waals surface area contributed by atoms with Gasteiger partial charge in [0.2, 0.25) is 0 Å². The molecule has 5 nitrogen and oxygen atoms in total. The summed E-state index contributed by atoms with van der Waals surface area (Å²) in [4.78, 5) is 23.0. The van der Waals surface area contributed by atoms with Crippen LogP contribution in [-0.4, -0.2) is 37.7 Å². The first-order chi connectivity index (χ1) is 11.0. The second-order valence-electron chi connectivity index (χ2n) is 5.05. The predicted molar refractivity (Wildman–Crippen MR) is 83.4 cm³/mol. The average Bonchev–Trinajstić information content (AvgIpc) is 3.05. The number of hydrogen-bond donors (Lipinski definition) is 1. The van der Waals surface area contributed by atoms with E-state index in [0.717, 1.165) is 18.9 Å². The van der Waals surface area contributed by atoms with E-state index in [0.29, 0.717) is 18.7 Å². The van der Waals surface area contributed by atoms with Crippen LogP contribution in [0.2, 0.25) is 5.02 Å². The second-order valence-corrected chi connectivity index (χ2v) is 5.46. The van der Waals surface area contributed by atoms with Crippen LogP contribution >= 0.6 is 11.6 Å². The van der Waals surface area contributed by atoms with Crippen molar-refractivity contribution >= 4 is 29.6 Å². The van der Waals surface area contributed by atoms with Crippen LogP contribution < -0.4 is 5.32 Å². The molecule has 0 aliphatic carbocycles. The van der Waals surface area contributed by atoms with Gasteiger partial charge in [0.15, 0.2) is 6.61 Å². The molecular weight excluding hydrogens is 325 g/mol. The fourth-order valence-electron chi connectivity index (χ4n) is 2.05. The van der Waals surface area contributed by atoms with E-state index in [9.17, 15) is 14.0 Å². The molecule has 2 rings (SSSR count). The van der Waals surface area contributed by atoms with Crippen molar-refractivity contribution in [1.29, 1.82) is 0 Å². The van der Waals surface area contributed by atoms with Crippen molar-refractivity contribution in [3.8, 4) is 0 Å². The van der Waals surface area contributed by atoms with Gasteiger partial charge in [-0.25, -0.2) is 9.18 Å². The smallest absolute Gasteiger partial charge is 0.331 e. The molecule has 0 aromatic heterocycles. The van der Waals surface area contributed by atoms with Gasteiger partial charge in [-0.3, -0.25) is 4.79 Å². The third kappa shape index (κ3) is 6.00. The van der Waals surface area contributed by atoms with E-state index >= 15 is 0 Å². The quantitative estimate of drug-likeness (QED) is 0.637. The van der Waals surface area contributed by atoms with Crippen molar-refractivity contribution in [2.24, 2.45) is 0 Å². The molecule has 1 aromatic rings. The molecule has 1 aromatic carbocycles. The topological polar surface area (TPSA) is 64.6 Å². The van der Waals surface area contributed by atoms with Crippen LogP contribution in [0.15, 0.2) is 24.3 Å². The van der Waals surface area contributed by atoms with Crippen molar-refractivity contribution in [2.75, 3.05) is 19.8 Å². The molecule has 1 N–H and O–H groups in total. The number of amides is 1. The standard InChI is InChI=1S/C16H17ClFNO4/c17-13-8-11(3-5-14(13)18)4-6-16(21)23-10-15(20)19-9-12-2-1-7-22-12/h3-6,8,12H,1-2,7,9-10H2,(H,19,20)/b6-4+/t12-/m0/s1. The molecule has 1 aliphatic heterocycles. The minimum atomic E-state index is -0.669. The SMILES string of the molecule is O=C(COC(=O)/C=C/c1ccc(F)c(Cl)c1)NC[C@@H]1CCCO1. The lowest BCUT2D eigenvalue weighted by Gasteiger charge is -2.10. The highest BCUT2D eigenvalue weighted by molar-refractivity contribution is 6.30. The second kappa shape index (κ2) is 8.64. The van der Waals surface area contributed by atoms with Gasteiger partial charge < -0.3 is 14.8 Å². The lowest BCUT2D eigenvalue weighted by molar-refractivity contribution is -0.143. The number of ether oxygens (including phenoxy) is 2. The number of benzene rings is 1. The summed E-state index contributed by atoms with van der Waals surface area (Å²) in [6, 6.07) is 4.06. The van der Waals surface area contributed by atoms with Crippen LogP contribution in [0.5, 0.6) is 0 Å². The van der Waals surface area contributed by atoms with Gasteiger partial charge in [-0.05, 0) is 36.6 Å². The molecule has 1 heterocycles. The molecular formula is C16H17ClFNO4.